The second kappa shape index (κ2) is 9.80. The molecule has 0 bridgehead atoms. The Morgan fingerprint density at radius 2 is 1.40 bits per heavy atom. The van der Waals surface area contributed by atoms with Crippen LogP contribution in [0.1, 0.15) is 39.0 Å². The normalized spacial score (nSPS) is 12.7. The van der Waals surface area contributed by atoms with E-state index in [-0.39, 0.29) is 11.4 Å². The van der Waals surface area contributed by atoms with Gasteiger partial charge in [0, 0.05) is 30.0 Å². The Morgan fingerprint density at radius 1 is 0.867 bits per heavy atom. The Morgan fingerprint density at radius 3 is 1.87 bits per heavy atom. The van der Waals surface area contributed by atoms with Gasteiger partial charge in [0.05, 0.1) is 22.1 Å². The average Bonchev–Trinajstić information content (AvgIpc) is 2.65. The van der Waals surface area contributed by atoms with Crippen LogP contribution in [0.3, 0.4) is 0 Å². The van der Waals surface area contributed by atoms with Crippen LogP contribution in [0.4, 0.5) is 17.1 Å². The number of non-ortho nitro benzene ring substituents is 2. The van der Waals surface area contributed by atoms with Gasteiger partial charge in [0.25, 0.3) is 11.4 Å². The molecule has 2 aromatic rings. The van der Waals surface area contributed by atoms with Crippen molar-refractivity contribution < 1.29 is 23.5 Å². The van der Waals surface area contributed by atoms with E-state index in [0.29, 0.717) is 11.3 Å². The number of nitro groups is 2. The van der Waals surface area contributed by atoms with Crippen LogP contribution in [0.5, 0.6) is 0 Å². The summed E-state index contributed by atoms with van der Waals surface area (Å²) in [7, 11) is -3.88. The molecule has 2 rings (SSSR count). The first-order valence-electron chi connectivity index (χ1n) is 9.23. The minimum atomic E-state index is -3.88. The predicted molar refractivity (Wildman–Crippen MR) is 113 cm³/mol. The van der Waals surface area contributed by atoms with Crippen LogP contribution in [-0.4, -0.2) is 22.1 Å². The van der Waals surface area contributed by atoms with E-state index in [1.807, 2.05) is 0 Å². The Balaban J connectivity index is 2.55. The van der Waals surface area contributed by atoms with Gasteiger partial charge in [-0.25, -0.2) is 0 Å². The molecule has 0 amide bonds. The molecule has 0 aromatic heterocycles. The molecule has 2 aromatic carbocycles. The van der Waals surface area contributed by atoms with Crippen LogP contribution < -0.4 is 5.32 Å². The molecule has 0 spiro atoms. The molecule has 0 radical (unpaired) electrons. The third-order valence-electron chi connectivity index (χ3n) is 3.81. The molecule has 0 aliphatic heterocycles. The van der Waals surface area contributed by atoms with Crippen molar-refractivity contribution in [2.24, 2.45) is 0 Å². The highest BCUT2D eigenvalue weighted by Gasteiger charge is 2.40. The molecule has 0 saturated heterocycles. The summed E-state index contributed by atoms with van der Waals surface area (Å²) < 4.78 is 25.2. The van der Waals surface area contributed by atoms with E-state index in [0.717, 1.165) is 0 Å². The highest BCUT2D eigenvalue weighted by atomic mass is 31.2. The standard InChI is InChI=1S/C19H24N3O7P/c1-13(2)28-30(27,29-14(3)4)19(15-6-5-7-18(12-15)22(25)26)20-16-8-10-17(11-9-16)21(23)24/h5-14,19-20H,1-4H3/t19-/m0/s1. The van der Waals surface area contributed by atoms with Gasteiger partial charge in [0.2, 0.25) is 0 Å². The molecule has 0 aliphatic rings. The van der Waals surface area contributed by atoms with Crippen molar-refractivity contribution in [2.75, 3.05) is 5.32 Å². The number of hydrogen-bond acceptors (Lipinski definition) is 8. The zero-order valence-corrected chi connectivity index (χ0v) is 17.9. The maximum atomic E-state index is 13.8. The van der Waals surface area contributed by atoms with Gasteiger partial charge in [-0.3, -0.25) is 24.8 Å². The van der Waals surface area contributed by atoms with Gasteiger partial charge in [0.1, 0.15) is 0 Å². The fraction of sp³-hybridized carbons (Fsp3) is 0.368. The lowest BCUT2D eigenvalue weighted by molar-refractivity contribution is -0.385. The van der Waals surface area contributed by atoms with Crippen molar-refractivity contribution >= 4 is 24.7 Å². The molecule has 1 N–H and O–H groups in total. The van der Waals surface area contributed by atoms with E-state index in [2.05, 4.69) is 5.32 Å². The van der Waals surface area contributed by atoms with Crippen LogP contribution in [0, 0.1) is 20.2 Å². The molecule has 0 saturated carbocycles. The van der Waals surface area contributed by atoms with Crippen molar-refractivity contribution in [3.8, 4) is 0 Å². The quantitative estimate of drug-likeness (QED) is 0.286. The minimum absolute atomic E-state index is 0.104. The van der Waals surface area contributed by atoms with Gasteiger partial charge in [0.15, 0.2) is 5.78 Å². The Labute approximate surface area is 174 Å². The first-order chi connectivity index (χ1) is 14.0. The highest BCUT2D eigenvalue weighted by Crippen LogP contribution is 2.62. The maximum absolute atomic E-state index is 13.8. The molecule has 0 fully saturated rings. The van der Waals surface area contributed by atoms with Gasteiger partial charge in [-0.15, -0.1) is 0 Å². The first-order valence-corrected chi connectivity index (χ1v) is 10.8. The summed E-state index contributed by atoms with van der Waals surface area (Å²) in [6, 6.07) is 11.2. The molecular weight excluding hydrogens is 413 g/mol. The largest absolute Gasteiger partial charge is 0.368 e. The lowest BCUT2D eigenvalue weighted by atomic mass is 10.2. The van der Waals surface area contributed by atoms with Crippen LogP contribution >= 0.6 is 7.60 Å². The van der Waals surface area contributed by atoms with Crippen LogP contribution in [0.15, 0.2) is 48.5 Å². The Hall–Kier alpha value is -2.81. The van der Waals surface area contributed by atoms with Crippen molar-refractivity contribution in [3.05, 3.63) is 74.3 Å². The zero-order chi connectivity index (χ0) is 22.5. The lowest BCUT2D eigenvalue weighted by Crippen LogP contribution is -2.19. The van der Waals surface area contributed by atoms with Crippen LogP contribution in [0.2, 0.25) is 0 Å². The fourth-order valence-corrected chi connectivity index (χ4v) is 5.03. The minimum Gasteiger partial charge on any atom is -0.368 e. The molecule has 10 nitrogen and oxygen atoms in total. The zero-order valence-electron chi connectivity index (χ0n) is 17.1. The average molecular weight is 437 g/mol. The number of rotatable bonds is 10. The van der Waals surface area contributed by atoms with Crippen molar-refractivity contribution in [3.63, 3.8) is 0 Å². The third-order valence-corrected chi connectivity index (χ3v) is 6.30. The van der Waals surface area contributed by atoms with Crippen molar-refractivity contribution in [2.45, 2.75) is 45.7 Å². The van der Waals surface area contributed by atoms with Gasteiger partial charge in [-0.2, -0.15) is 0 Å². The second-order valence-corrected chi connectivity index (χ2v) is 9.07. The topological polar surface area (TPSA) is 134 Å². The molecule has 1 atom stereocenters. The molecule has 162 valence electrons. The monoisotopic (exact) mass is 437 g/mol. The molecule has 0 heterocycles. The van der Waals surface area contributed by atoms with E-state index in [1.165, 1.54) is 42.5 Å². The van der Waals surface area contributed by atoms with E-state index >= 15 is 0 Å². The van der Waals surface area contributed by atoms with Gasteiger partial charge in [-0.1, -0.05) is 12.1 Å². The van der Waals surface area contributed by atoms with Crippen LogP contribution in [0.25, 0.3) is 0 Å². The highest BCUT2D eigenvalue weighted by molar-refractivity contribution is 7.54. The lowest BCUT2D eigenvalue weighted by Gasteiger charge is -2.31. The third kappa shape index (κ3) is 6.09. The molecule has 0 aliphatic carbocycles. The molecule has 11 heteroatoms. The fourth-order valence-electron chi connectivity index (χ4n) is 2.72. The van der Waals surface area contributed by atoms with Crippen molar-refractivity contribution in [1.82, 2.24) is 0 Å². The second-order valence-electron chi connectivity index (χ2n) is 7.05. The van der Waals surface area contributed by atoms with Gasteiger partial charge < -0.3 is 14.4 Å². The molecular formula is C19H24N3O7P. The Kier molecular flexibility index (Phi) is 7.66. The summed E-state index contributed by atoms with van der Waals surface area (Å²) in [5.41, 5.74) is 0.459. The number of nitrogens with zero attached hydrogens (tertiary/aromatic N) is 2. The number of nitrogens with one attached hydrogen (secondary N) is 1. The van der Waals surface area contributed by atoms with E-state index < -0.39 is 35.4 Å². The number of benzene rings is 2. The summed E-state index contributed by atoms with van der Waals surface area (Å²) in [6.07, 6.45) is -0.899. The smallest absolute Gasteiger partial charge is 0.357 e. The number of anilines is 1. The van der Waals surface area contributed by atoms with Crippen LogP contribution in [-0.2, 0) is 13.6 Å². The van der Waals surface area contributed by atoms with Gasteiger partial charge in [-0.05, 0) is 45.4 Å². The summed E-state index contributed by atoms with van der Waals surface area (Å²) in [6.45, 7) is 6.80. The van der Waals surface area contributed by atoms with E-state index in [9.17, 15) is 24.8 Å². The predicted octanol–water partition coefficient (Wildman–Crippen LogP) is 5.66. The van der Waals surface area contributed by atoms with Crippen molar-refractivity contribution in [1.29, 1.82) is 0 Å². The number of nitro benzene ring substituents is 2. The first kappa shape index (κ1) is 23.5. The number of hydrogen-bond donors (Lipinski definition) is 1. The molecule has 0 unspecified atom stereocenters. The van der Waals surface area contributed by atoms with E-state index in [1.54, 1.807) is 33.8 Å². The van der Waals surface area contributed by atoms with Gasteiger partial charge >= 0.3 is 7.60 Å². The Bertz CT molecular complexity index is 933. The van der Waals surface area contributed by atoms with E-state index in [4.69, 9.17) is 9.05 Å². The SMILES string of the molecule is CC(C)OP(=O)(OC(C)C)[C@H](Nc1ccc([N+](=O)[O-])cc1)c1cccc([N+](=O)[O-])c1. The summed E-state index contributed by atoms with van der Waals surface area (Å²) >= 11 is 0. The summed E-state index contributed by atoms with van der Waals surface area (Å²) in [5.74, 6) is -1.08. The summed E-state index contributed by atoms with van der Waals surface area (Å²) in [5, 5.41) is 25.1. The maximum Gasteiger partial charge on any atom is 0.357 e. The summed E-state index contributed by atoms with van der Waals surface area (Å²) in [4.78, 5) is 21.0. The molecule has 30 heavy (non-hydrogen) atoms.